The van der Waals surface area contributed by atoms with Crippen LogP contribution < -0.4 is 10.2 Å². The van der Waals surface area contributed by atoms with Crippen molar-refractivity contribution in [3.05, 3.63) is 66.5 Å². The summed E-state index contributed by atoms with van der Waals surface area (Å²) >= 11 is 0. The van der Waals surface area contributed by atoms with Crippen molar-refractivity contribution in [3.8, 4) is 11.3 Å². The molecule has 2 aromatic heterocycles. The summed E-state index contributed by atoms with van der Waals surface area (Å²) in [5.74, 6) is 0.908. The van der Waals surface area contributed by atoms with Gasteiger partial charge in [-0.1, -0.05) is 30.3 Å². The number of benzene rings is 1. The third-order valence-electron chi connectivity index (χ3n) is 4.73. The van der Waals surface area contributed by atoms with E-state index in [1.807, 2.05) is 53.4 Å². The zero-order valence-corrected chi connectivity index (χ0v) is 15.0. The van der Waals surface area contributed by atoms with E-state index in [2.05, 4.69) is 25.4 Å². The number of nitrogens with one attached hydrogen (secondary N) is 2. The van der Waals surface area contributed by atoms with Crippen LogP contribution in [0.4, 0.5) is 10.6 Å². The quantitative estimate of drug-likeness (QED) is 0.748. The molecule has 2 amide bonds. The molecule has 3 aromatic rings. The molecule has 0 bridgehead atoms. The first-order chi connectivity index (χ1) is 13.3. The topological polar surface area (TPSA) is 77.2 Å². The summed E-state index contributed by atoms with van der Waals surface area (Å²) in [7, 11) is 0. The summed E-state index contributed by atoms with van der Waals surface area (Å²) in [6.45, 7) is 3.43. The number of aromatic nitrogens is 3. The number of carbonyl (C=O) groups is 1. The Kier molecular flexibility index (Phi) is 5.00. The van der Waals surface area contributed by atoms with Gasteiger partial charge in [0.15, 0.2) is 5.82 Å². The molecule has 3 heterocycles. The summed E-state index contributed by atoms with van der Waals surface area (Å²) < 4.78 is 0. The molecular weight excluding hydrogens is 340 g/mol. The Morgan fingerprint density at radius 3 is 2.52 bits per heavy atom. The Labute approximate surface area is 158 Å². The van der Waals surface area contributed by atoms with Gasteiger partial charge in [0.2, 0.25) is 0 Å². The highest BCUT2D eigenvalue weighted by atomic mass is 16.2. The van der Waals surface area contributed by atoms with E-state index in [4.69, 9.17) is 0 Å². The smallest absolute Gasteiger partial charge is 0.317 e. The van der Waals surface area contributed by atoms with Crippen molar-refractivity contribution in [2.45, 2.75) is 6.54 Å². The molecular formula is C20H22N6O. The van der Waals surface area contributed by atoms with Crippen molar-refractivity contribution in [2.24, 2.45) is 0 Å². The summed E-state index contributed by atoms with van der Waals surface area (Å²) in [6, 6.07) is 15.9. The molecule has 2 N–H and O–H groups in total. The van der Waals surface area contributed by atoms with E-state index in [0.29, 0.717) is 19.6 Å². The molecule has 0 saturated carbocycles. The fourth-order valence-corrected chi connectivity index (χ4v) is 3.18. The SMILES string of the molecule is O=C(NCc1ccccc1)N1CCN(c2cc(-c3ccncc3)[nH]n2)CC1. The van der Waals surface area contributed by atoms with Gasteiger partial charge in [0.1, 0.15) is 0 Å². The Balaban J connectivity index is 1.30. The number of aromatic amines is 1. The highest BCUT2D eigenvalue weighted by Gasteiger charge is 2.22. The van der Waals surface area contributed by atoms with Crippen LogP contribution in [0.1, 0.15) is 5.56 Å². The maximum absolute atomic E-state index is 12.4. The largest absolute Gasteiger partial charge is 0.352 e. The van der Waals surface area contributed by atoms with E-state index in [-0.39, 0.29) is 6.03 Å². The lowest BCUT2D eigenvalue weighted by molar-refractivity contribution is 0.194. The van der Waals surface area contributed by atoms with Crippen LogP contribution >= 0.6 is 0 Å². The van der Waals surface area contributed by atoms with Crippen LogP contribution in [0.2, 0.25) is 0 Å². The number of rotatable bonds is 4. The van der Waals surface area contributed by atoms with Crippen LogP contribution in [0.5, 0.6) is 0 Å². The minimum absolute atomic E-state index is 0.0157. The lowest BCUT2D eigenvalue weighted by Gasteiger charge is -2.34. The maximum atomic E-state index is 12.4. The number of nitrogens with zero attached hydrogens (tertiary/aromatic N) is 4. The standard InChI is InChI=1S/C20H22N6O/c27-20(22-15-16-4-2-1-3-5-16)26-12-10-25(11-13-26)19-14-18(23-24-19)17-6-8-21-9-7-17/h1-9,14H,10-13,15H2,(H,22,27)(H,23,24). The van der Waals surface area contributed by atoms with Gasteiger partial charge in [-0.25, -0.2) is 4.79 Å². The average Bonchev–Trinajstić information content (AvgIpc) is 3.24. The van der Waals surface area contributed by atoms with Gasteiger partial charge >= 0.3 is 6.03 Å². The molecule has 1 aliphatic rings. The number of piperazine rings is 1. The van der Waals surface area contributed by atoms with Crippen molar-refractivity contribution in [3.63, 3.8) is 0 Å². The van der Waals surface area contributed by atoms with Gasteiger partial charge in [-0.2, -0.15) is 5.10 Å². The number of carbonyl (C=O) groups excluding carboxylic acids is 1. The van der Waals surface area contributed by atoms with Crippen molar-refractivity contribution < 1.29 is 4.79 Å². The van der Waals surface area contributed by atoms with Crippen molar-refractivity contribution in [1.29, 1.82) is 0 Å². The van der Waals surface area contributed by atoms with Gasteiger partial charge in [-0.15, -0.1) is 0 Å². The molecule has 4 rings (SSSR count). The molecule has 1 saturated heterocycles. The number of H-pyrrole nitrogens is 1. The Bertz CT molecular complexity index is 872. The third-order valence-corrected chi connectivity index (χ3v) is 4.73. The normalized spacial score (nSPS) is 14.2. The molecule has 0 atom stereocenters. The molecule has 138 valence electrons. The Hall–Kier alpha value is -3.35. The maximum Gasteiger partial charge on any atom is 0.317 e. The van der Waals surface area contributed by atoms with Crippen molar-refractivity contribution in [1.82, 2.24) is 25.4 Å². The first-order valence-electron chi connectivity index (χ1n) is 9.07. The third kappa shape index (κ3) is 4.08. The highest BCUT2D eigenvalue weighted by molar-refractivity contribution is 5.74. The second kappa shape index (κ2) is 7.90. The summed E-state index contributed by atoms with van der Waals surface area (Å²) in [4.78, 5) is 20.5. The van der Waals surface area contributed by atoms with E-state index in [0.717, 1.165) is 35.7 Å². The predicted octanol–water partition coefficient (Wildman–Crippen LogP) is 2.50. The van der Waals surface area contributed by atoms with Crippen LogP contribution in [0.3, 0.4) is 0 Å². The first-order valence-corrected chi connectivity index (χ1v) is 9.07. The highest BCUT2D eigenvalue weighted by Crippen LogP contribution is 2.22. The van der Waals surface area contributed by atoms with Crippen LogP contribution in [-0.2, 0) is 6.54 Å². The lowest BCUT2D eigenvalue weighted by Crippen LogP contribution is -2.51. The van der Waals surface area contributed by atoms with E-state index in [9.17, 15) is 4.79 Å². The average molecular weight is 362 g/mol. The van der Waals surface area contributed by atoms with Crippen molar-refractivity contribution in [2.75, 3.05) is 31.1 Å². The predicted molar refractivity (Wildman–Crippen MR) is 104 cm³/mol. The molecule has 0 aliphatic carbocycles. The van der Waals surface area contributed by atoms with Crippen LogP contribution in [0.15, 0.2) is 60.9 Å². The second-order valence-electron chi connectivity index (χ2n) is 6.49. The van der Waals surface area contributed by atoms with E-state index in [1.165, 1.54) is 0 Å². The zero-order valence-electron chi connectivity index (χ0n) is 15.0. The number of urea groups is 1. The van der Waals surface area contributed by atoms with Gasteiger partial charge in [0, 0.05) is 56.7 Å². The van der Waals surface area contributed by atoms with E-state index < -0.39 is 0 Å². The van der Waals surface area contributed by atoms with Crippen LogP contribution in [0.25, 0.3) is 11.3 Å². The fraction of sp³-hybridized carbons (Fsp3) is 0.250. The second-order valence-corrected chi connectivity index (χ2v) is 6.49. The minimum atomic E-state index is -0.0157. The van der Waals surface area contributed by atoms with Crippen molar-refractivity contribution >= 4 is 11.8 Å². The molecule has 0 spiro atoms. The Morgan fingerprint density at radius 2 is 1.78 bits per heavy atom. The van der Waals surface area contributed by atoms with Crippen LogP contribution in [0, 0.1) is 0 Å². The molecule has 27 heavy (non-hydrogen) atoms. The van der Waals surface area contributed by atoms with E-state index >= 15 is 0 Å². The molecule has 1 fully saturated rings. The minimum Gasteiger partial charge on any atom is -0.352 e. The number of hydrogen-bond acceptors (Lipinski definition) is 4. The summed E-state index contributed by atoms with van der Waals surface area (Å²) in [6.07, 6.45) is 3.53. The molecule has 7 nitrogen and oxygen atoms in total. The number of amides is 2. The summed E-state index contributed by atoms with van der Waals surface area (Å²) in [5.41, 5.74) is 3.13. The van der Waals surface area contributed by atoms with Gasteiger partial charge < -0.3 is 15.1 Å². The molecule has 1 aliphatic heterocycles. The molecule has 7 heteroatoms. The summed E-state index contributed by atoms with van der Waals surface area (Å²) in [5, 5.41) is 10.5. The van der Waals surface area contributed by atoms with Gasteiger partial charge in [0.05, 0.1) is 5.69 Å². The van der Waals surface area contributed by atoms with Gasteiger partial charge in [0.25, 0.3) is 0 Å². The fourth-order valence-electron chi connectivity index (χ4n) is 3.18. The van der Waals surface area contributed by atoms with Gasteiger partial charge in [-0.3, -0.25) is 10.1 Å². The number of anilines is 1. The van der Waals surface area contributed by atoms with E-state index in [1.54, 1.807) is 12.4 Å². The lowest BCUT2D eigenvalue weighted by atomic mass is 10.2. The number of pyridine rings is 1. The number of hydrogen-bond donors (Lipinski definition) is 2. The molecule has 0 radical (unpaired) electrons. The monoisotopic (exact) mass is 362 g/mol. The van der Waals surface area contributed by atoms with Crippen LogP contribution in [-0.4, -0.2) is 52.3 Å². The molecule has 0 unspecified atom stereocenters. The zero-order chi connectivity index (χ0) is 18.5. The Morgan fingerprint density at radius 1 is 1.04 bits per heavy atom. The molecule has 1 aromatic carbocycles. The van der Waals surface area contributed by atoms with Gasteiger partial charge in [-0.05, 0) is 17.7 Å². The first kappa shape index (κ1) is 17.1.